The molecule has 13 atom stereocenters. The Hall–Kier alpha value is -0.320. The van der Waals surface area contributed by atoms with Crippen LogP contribution < -0.4 is 0 Å². The molecule has 5 aliphatic carbocycles. The molecule has 6 rings (SSSR count). The van der Waals surface area contributed by atoms with E-state index in [4.69, 9.17) is 9.47 Å². The summed E-state index contributed by atoms with van der Waals surface area (Å²) in [7, 11) is 3.27. The van der Waals surface area contributed by atoms with Crippen molar-refractivity contribution in [2.24, 2.45) is 34.5 Å². The zero-order valence-electron chi connectivity index (χ0n) is 18.6. The minimum absolute atomic E-state index is 0.0243. The second kappa shape index (κ2) is 6.21. The predicted molar refractivity (Wildman–Crippen MR) is 109 cm³/mol. The predicted octanol–water partition coefficient (Wildman–Crippen LogP) is -1.04. The molecule has 0 amide bonds. The van der Waals surface area contributed by atoms with Gasteiger partial charge >= 0.3 is 0 Å². The van der Waals surface area contributed by atoms with Gasteiger partial charge in [-0.2, -0.15) is 0 Å². The number of fused-ring (bicyclic) bond motifs is 2. The molecule has 6 aliphatic rings. The van der Waals surface area contributed by atoms with Gasteiger partial charge in [0.1, 0.15) is 11.2 Å². The fourth-order valence-corrected chi connectivity index (χ4v) is 10.5. The van der Waals surface area contributed by atoms with Gasteiger partial charge in [0.15, 0.2) is 0 Å². The number of ether oxygens (including phenoxy) is 2. The minimum Gasteiger partial charge on any atom is -0.393 e. The Kier molecular flexibility index (Phi) is 4.26. The highest BCUT2D eigenvalue weighted by atomic mass is 16.5. The van der Waals surface area contributed by atoms with Crippen molar-refractivity contribution >= 4 is 0 Å². The summed E-state index contributed by atoms with van der Waals surface area (Å²) in [6.45, 7) is 3.93. The molecule has 8 nitrogen and oxygen atoms in total. The SMILES string of the molecule is CCN1C[C@]2(COC)CC[C@H](O)[C@@]34[C@@H]5C[C@H]6[C@H](O)[C@@H]5[C@](O)(C[C@@H]6O)[C@@](O)([C@@H](OC)[C@H]23)[C@@H]14. The largest absolute Gasteiger partial charge is 0.393 e. The number of likely N-dealkylation sites (tertiary alicyclic amines) is 1. The summed E-state index contributed by atoms with van der Waals surface area (Å²) in [5.74, 6) is -1.33. The first kappa shape index (κ1) is 21.2. The number of aliphatic hydroxyl groups is 5. The van der Waals surface area contributed by atoms with E-state index in [1.165, 1.54) is 0 Å². The highest BCUT2D eigenvalue weighted by Gasteiger charge is 2.91. The summed E-state index contributed by atoms with van der Waals surface area (Å²) in [5, 5.41) is 58.8. The molecule has 5 N–H and O–H groups in total. The van der Waals surface area contributed by atoms with Crippen LogP contribution in [0.5, 0.6) is 0 Å². The van der Waals surface area contributed by atoms with Crippen molar-refractivity contribution in [3.63, 3.8) is 0 Å². The lowest BCUT2D eigenvalue weighted by molar-refractivity contribution is -0.316. The lowest BCUT2D eigenvalue weighted by Crippen LogP contribution is -2.81. The first-order chi connectivity index (χ1) is 14.7. The quantitative estimate of drug-likeness (QED) is 0.377. The van der Waals surface area contributed by atoms with E-state index in [1.807, 2.05) is 0 Å². The molecule has 5 saturated carbocycles. The summed E-state index contributed by atoms with van der Waals surface area (Å²) in [4.78, 5) is 2.23. The van der Waals surface area contributed by atoms with Crippen LogP contribution >= 0.6 is 0 Å². The van der Waals surface area contributed by atoms with Crippen LogP contribution in [-0.2, 0) is 9.47 Å². The van der Waals surface area contributed by atoms with Crippen LogP contribution in [0.25, 0.3) is 0 Å². The molecule has 0 unspecified atom stereocenters. The smallest absolute Gasteiger partial charge is 0.136 e. The maximum Gasteiger partial charge on any atom is 0.136 e. The van der Waals surface area contributed by atoms with Gasteiger partial charge in [-0.05, 0) is 31.7 Å². The Labute approximate surface area is 183 Å². The van der Waals surface area contributed by atoms with Crippen molar-refractivity contribution in [3.05, 3.63) is 0 Å². The third-order valence-electron chi connectivity index (χ3n) is 11.0. The molecule has 7 bridgehead atoms. The van der Waals surface area contributed by atoms with Crippen molar-refractivity contribution in [2.75, 3.05) is 33.9 Å². The Morgan fingerprint density at radius 1 is 1.13 bits per heavy atom. The van der Waals surface area contributed by atoms with E-state index in [9.17, 15) is 25.5 Å². The van der Waals surface area contributed by atoms with Crippen molar-refractivity contribution in [2.45, 2.75) is 74.3 Å². The van der Waals surface area contributed by atoms with Gasteiger partial charge in [0.2, 0.25) is 0 Å². The van der Waals surface area contributed by atoms with Crippen molar-refractivity contribution < 1.29 is 35.0 Å². The highest BCUT2D eigenvalue weighted by Crippen LogP contribution is 2.79. The van der Waals surface area contributed by atoms with Gasteiger partial charge in [-0.15, -0.1) is 0 Å². The van der Waals surface area contributed by atoms with Crippen LogP contribution in [0.3, 0.4) is 0 Å². The third-order valence-corrected chi connectivity index (χ3v) is 11.0. The molecule has 1 heterocycles. The van der Waals surface area contributed by atoms with Gasteiger partial charge in [0.05, 0.1) is 37.1 Å². The molecule has 8 heteroatoms. The number of hydrogen-bond acceptors (Lipinski definition) is 8. The minimum atomic E-state index is -1.71. The van der Waals surface area contributed by atoms with E-state index in [1.54, 1.807) is 14.2 Å². The lowest BCUT2D eigenvalue weighted by Gasteiger charge is -2.69. The molecule has 1 saturated heterocycles. The molecule has 0 aromatic carbocycles. The Bertz CT molecular complexity index is 779. The molecule has 0 aromatic rings. The lowest BCUT2D eigenvalue weighted by atomic mass is 9.42. The zero-order valence-corrected chi connectivity index (χ0v) is 18.6. The van der Waals surface area contributed by atoms with Gasteiger partial charge in [-0.3, -0.25) is 4.90 Å². The van der Waals surface area contributed by atoms with Crippen LogP contribution in [-0.4, -0.2) is 106 Å². The number of nitrogens with zero attached hydrogens (tertiary/aromatic N) is 1. The van der Waals surface area contributed by atoms with Crippen LogP contribution in [0.4, 0.5) is 0 Å². The molecule has 1 spiro atoms. The summed E-state index contributed by atoms with van der Waals surface area (Å²) in [6, 6.07) is -0.497. The van der Waals surface area contributed by atoms with Crippen LogP contribution in [0.15, 0.2) is 0 Å². The highest BCUT2D eigenvalue weighted by molar-refractivity contribution is 5.41. The maximum absolute atomic E-state index is 12.6. The first-order valence-electron chi connectivity index (χ1n) is 11.9. The first-order valence-corrected chi connectivity index (χ1v) is 11.9. The summed E-state index contributed by atoms with van der Waals surface area (Å²) >= 11 is 0. The van der Waals surface area contributed by atoms with Crippen LogP contribution in [0.2, 0.25) is 0 Å². The molecule has 176 valence electrons. The molecular weight excluding hydrogens is 402 g/mol. The van der Waals surface area contributed by atoms with Crippen molar-refractivity contribution in [1.82, 2.24) is 4.90 Å². The second-order valence-corrected chi connectivity index (χ2v) is 11.5. The second-order valence-electron chi connectivity index (χ2n) is 11.5. The van der Waals surface area contributed by atoms with Crippen molar-refractivity contribution in [3.8, 4) is 0 Å². The average Bonchev–Trinajstić information content (AvgIpc) is 3.11. The monoisotopic (exact) mass is 439 g/mol. The standard InChI is InChI=1S/C23H37NO7/c1-4-24-9-20(10-30-2)6-5-14(26)22-12-7-11-13(25)8-21(28,15(12)16(11)27)23(29,19(22)24)18(31-3)17(20)22/h11-19,25-29H,4-10H2,1-3H3/t11-,12-,13+,14+,15-,16+,17-,18+,19+,20+,21-,22+,23-/m1/s1. The average molecular weight is 440 g/mol. The van der Waals surface area contributed by atoms with E-state index in [2.05, 4.69) is 11.8 Å². The summed E-state index contributed by atoms with van der Waals surface area (Å²) < 4.78 is 11.8. The third kappa shape index (κ3) is 1.93. The van der Waals surface area contributed by atoms with E-state index >= 15 is 0 Å². The van der Waals surface area contributed by atoms with Crippen LogP contribution in [0.1, 0.15) is 32.6 Å². The van der Waals surface area contributed by atoms with Gasteiger partial charge < -0.3 is 35.0 Å². The number of hydrogen-bond donors (Lipinski definition) is 5. The fraction of sp³-hybridized carbons (Fsp3) is 1.00. The Morgan fingerprint density at radius 2 is 1.87 bits per heavy atom. The number of methoxy groups -OCH3 is 2. The molecule has 31 heavy (non-hydrogen) atoms. The van der Waals surface area contributed by atoms with E-state index in [-0.39, 0.29) is 29.6 Å². The van der Waals surface area contributed by atoms with Crippen LogP contribution in [0, 0.1) is 34.5 Å². The maximum atomic E-state index is 12.6. The molecule has 0 radical (unpaired) electrons. The molecule has 1 aliphatic heterocycles. The molecule has 6 fully saturated rings. The Morgan fingerprint density at radius 3 is 2.52 bits per heavy atom. The summed E-state index contributed by atoms with van der Waals surface area (Å²) in [5.41, 5.74) is -4.44. The molecular formula is C23H37NO7. The number of rotatable bonds is 4. The van der Waals surface area contributed by atoms with E-state index in [0.29, 0.717) is 32.5 Å². The zero-order chi connectivity index (χ0) is 22.1. The summed E-state index contributed by atoms with van der Waals surface area (Å²) in [6.07, 6.45) is -1.25. The fourth-order valence-electron chi connectivity index (χ4n) is 10.5. The number of piperidine rings is 1. The number of aliphatic hydroxyl groups excluding tert-OH is 3. The van der Waals surface area contributed by atoms with E-state index < -0.39 is 53.0 Å². The van der Waals surface area contributed by atoms with Crippen molar-refractivity contribution in [1.29, 1.82) is 0 Å². The van der Waals surface area contributed by atoms with Gasteiger partial charge in [0.25, 0.3) is 0 Å². The number of likely N-dealkylation sites (N-methyl/N-ethyl adjacent to an activating group) is 1. The van der Waals surface area contributed by atoms with E-state index in [0.717, 1.165) is 6.42 Å². The van der Waals surface area contributed by atoms with Gasteiger partial charge in [-0.25, -0.2) is 0 Å². The van der Waals surface area contributed by atoms with Gasteiger partial charge in [0, 0.05) is 55.8 Å². The Balaban J connectivity index is 1.68. The van der Waals surface area contributed by atoms with Gasteiger partial charge in [-0.1, -0.05) is 6.92 Å². The molecule has 0 aromatic heterocycles. The topological polar surface area (TPSA) is 123 Å². The normalized spacial score (nSPS) is 64.1.